The Morgan fingerprint density at radius 3 is 2.27 bits per heavy atom. The number of ether oxygens (including phenoxy) is 1. The number of carbonyl (C=O) groups excluding carboxylic acids is 2. The van der Waals surface area contributed by atoms with Crippen molar-refractivity contribution < 1.29 is 19.4 Å². The van der Waals surface area contributed by atoms with E-state index in [1.807, 2.05) is 11.0 Å². The molecule has 162 valence electrons. The van der Waals surface area contributed by atoms with Crippen molar-refractivity contribution in [1.82, 2.24) is 10.2 Å². The SMILES string of the molecule is CNC(=O)OCC1CN(C(=O)CC2(c3ccccc3)C3CC4CC2CC(C3)C4O)C1. The van der Waals surface area contributed by atoms with E-state index in [9.17, 15) is 14.7 Å². The van der Waals surface area contributed by atoms with E-state index >= 15 is 0 Å². The number of likely N-dealkylation sites (tertiary alicyclic amines) is 1. The number of benzene rings is 1. The second-order valence-electron chi connectivity index (χ2n) is 9.94. The summed E-state index contributed by atoms with van der Waals surface area (Å²) in [5.41, 5.74) is 1.21. The standard InChI is InChI=1S/C24H32N2O4/c1-25-23(29)30-14-15-12-26(13-15)21(27)11-24(18-5-3-2-4-6-18)19-7-16-8-20(24)10-17(9-19)22(16)28/h2-6,15-17,19-20,22,28H,7-14H2,1H3,(H,25,29). The Hall–Kier alpha value is -2.08. The summed E-state index contributed by atoms with van der Waals surface area (Å²) in [5, 5.41) is 13.1. The molecule has 0 spiro atoms. The third-order valence-electron chi connectivity index (χ3n) is 8.49. The van der Waals surface area contributed by atoms with Gasteiger partial charge in [-0.3, -0.25) is 4.79 Å². The van der Waals surface area contributed by atoms with E-state index in [0.29, 0.717) is 49.8 Å². The van der Waals surface area contributed by atoms with Crippen LogP contribution in [0.5, 0.6) is 0 Å². The zero-order chi connectivity index (χ0) is 20.9. The van der Waals surface area contributed by atoms with E-state index in [-0.39, 0.29) is 23.3 Å². The Kier molecular flexibility index (Phi) is 5.00. The molecule has 1 aromatic carbocycles. The molecule has 0 radical (unpaired) electrons. The minimum absolute atomic E-state index is 0.102. The van der Waals surface area contributed by atoms with Crippen molar-refractivity contribution in [3.63, 3.8) is 0 Å². The van der Waals surface area contributed by atoms with E-state index < -0.39 is 6.09 Å². The molecule has 2 N–H and O–H groups in total. The van der Waals surface area contributed by atoms with Gasteiger partial charge in [0, 0.05) is 37.9 Å². The second-order valence-corrected chi connectivity index (χ2v) is 9.94. The average molecular weight is 413 g/mol. The van der Waals surface area contributed by atoms with E-state index in [2.05, 4.69) is 29.6 Å². The van der Waals surface area contributed by atoms with E-state index in [1.165, 1.54) is 5.56 Å². The van der Waals surface area contributed by atoms with Gasteiger partial charge in [-0.2, -0.15) is 0 Å². The van der Waals surface area contributed by atoms with Gasteiger partial charge in [0.25, 0.3) is 0 Å². The first-order valence-electron chi connectivity index (χ1n) is 11.4. The highest BCUT2D eigenvalue weighted by Crippen LogP contribution is 2.64. The molecule has 1 aliphatic heterocycles. The second kappa shape index (κ2) is 7.56. The van der Waals surface area contributed by atoms with Crippen molar-refractivity contribution in [3.05, 3.63) is 35.9 Å². The summed E-state index contributed by atoms with van der Waals surface area (Å²) >= 11 is 0. The molecule has 5 aliphatic rings. The highest BCUT2D eigenvalue weighted by Gasteiger charge is 2.61. The van der Waals surface area contributed by atoms with Crippen LogP contribution in [0.15, 0.2) is 30.3 Å². The number of hydrogen-bond donors (Lipinski definition) is 2. The fourth-order valence-corrected chi connectivity index (χ4v) is 7.08. The van der Waals surface area contributed by atoms with Crippen molar-refractivity contribution in [2.24, 2.45) is 29.6 Å². The van der Waals surface area contributed by atoms with Crippen LogP contribution in [-0.4, -0.2) is 54.9 Å². The molecular formula is C24H32N2O4. The predicted octanol–water partition coefficient (Wildman–Crippen LogP) is 2.56. The van der Waals surface area contributed by atoms with Crippen LogP contribution in [-0.2, 0) is 14.9 Å². The number of nitrogens with zero attached hydrogens (tertiary/aromatic N) is 1. The number of aliphatic hydroxyl groups is 1. The molecule has 30 heavy (non-hydrogen) atoms. The normalized spacial score (nSPS) is 37.0. The third kappa shape index (κ3) is 3.11. The molecular weight excluding hydrogens is 380 g/mol. The maximum atomic E-state index is 13.4. The first kappa shape index (κ1) is 19.9. The summed E-state index contributed by atoms with van der Waals surface area (Å²) in [6.07, 6.45) is 4.16. The van der Waals surface area contributed by atoms with Crippen LogP contribution in [0.2, 0.25) is 0 Å². The molecule has 0 aromatic heterocycles. The molecule has 2 amide bonds. The zero-order valence-corrected chi connectivity index (χ0v) is 17.6. The fourth-order valence-electron chi connectivity index (χ4n) is 7.08. The number of amides is 2. The summed E-state index contributed by atoms with van der Waals surface area (Å²) < 4.78 is 5.14. The van der Waals surface area contributed by atoms with Gasteiger partial charge in [0.05, 0.1) is 12.7 Å². The molecule has 1 saturated heterocycles. The third-order valence-corrected chi connectivity index (χ3v) is 8.49. The lowest BCUT2D eigenvalue weighted by molar-refractivity contribution is -0.157. The van der Waals surface area contributed by atoms with Crippen molar-refractivity contribution in [2.75, 3.05) is 26.7 Å². The maximum absolute atomic E-state index is 13.4. The van der Waals surface area contributed by atoms with E-state index in [0.717, 1.165) is 25.7 Å². The first-order chi connectivity index (χ1) is 14.5. The highest BCUT2D eigenvalue weighted by molar-refractivity contribution is 5.79. The lowest BCUT2D eigenvalue weighted by atomic mass is 9.42. The molecule has 4 bridgehead atoms. The number of rotatable bonds is 5. The fraction of sp³-hybridized carbons (Fsp3) is 0.667. The molecule has 5 fully saturated rings. The minimum Gasteiger partial charge on any atom is -0.449 e. The molecule has 4 aliphatic carbocycles. The number of nitrogens with one attached hydrogen (secondary N) is 1. The average Bonchev–Trinajstić information content (AvgIpc) is 2.71. The Labute approximate surface area is 178 Å². The topological polar surface area (TPSA) is 78.9 Å². The van der Waals surface area contributed by atoms with Gasteiger partial charge in [0.15, 0.2) is 0 Å². The Balaban J connectivity index is 1.32. The van der Waals surface area contributed by atoms with Crippen molar-refractivity contribution in [2.45, 2.75) is 43.6 Å². The van der Waals surface area contributed by atoms with Gasteiger partial charge in [0.2, 0.25) is 5.91 Å². The molecule has 6 nitrogen and oxygen atoms in total. The van der Waals surface area contributed by atoms with Crippen LogP contribution in [0.1, 0.15) is 37.7 Å². The zero-order valence-electron chi connectivity index (χ0n) is 17.6. The van der Waals surface area contributed by atoms with Gasteiger partial charge in [-0.1, -0.05) is 30.3 Å². The molecule has 4 saturated carbocycles. The van der Waals surface area contributed by atoms with Gasteiger partial charge >= 0.3 is 6.09 Å². The molecule has 6 rings (SSSR count). The Morgan fingerprint density at radius 2 is 1.70 bits per heavy atom. The summed E-state index contributed by atoms with van der Waals surface area (Å²) in [4.78, 5) is 26.6. The van der Waals surface area contributed by atoms with Crippen molar-refractivity contribution in [1.29, 1.82) is 0 Å². The highest BCUT2D eigenvalue weighted by atomic mass is 16.5. The van der Waals surface area contributed by atoms with Crippen LogP contribution in [0.3, 0.4) is 0 Å². The number of alkyl carbamates (subject to hydrolysis) is 1. The summed E-state index contributed by atoms with van der Waals surface area (Å²) in [6, 6.07) is 10.7. The lowest BCUT2D eigenvalue weighted by Gasteiger charge is -2.63. The van der Waals surface area contributed by atoms with Gasteiger partial charge in [-0.15, -0.1) is 0 Å². The number of carbonyl (C=O) groups is 2. The van der Waals surface area contributed by atoms with E-state index in [4.69, 9.17) is 4.74 Å². The van der Waals surface area contributed by atoms with Crippen LogP contribution in [0.25, 0.3) is 0 Å². The van der Waals surface area contributed by atoms with Gasteiger partial charge in [-0.25, -0.2) is 4.79 Å². The number of hydrogen-bond acceptors (Lipinski definition) is 4. The van der Waals surface area contributed by atoms with Crippen LogP contribution in [0, 0.1) is 29.6 Å². The van der Waals surface area contributed by atoms with Crippen LogP contribution >= 0.6 is 0 Å². The minimum atomic E-state index is -0.418. The largest absolute Gasteiger partial charge is 0.449 e. The van der Waals surface area contributed by atoms with Gasteiger partial charge in [0.1, 0.15) is 0 Å². The molecule has 0 unspecified atom stereocenters. The Morgan fingerprint density at radius 1 is 1.10 bits per heavy atom. The molecule has 6 heteroatoms. The van der Waals surface area contributed by atoms with E-state index in [1.54, 1.807) is 7.05 Å². The summed E-state index contributed by atoms with van der Waals surface area (Å²) in [7, 11) is 1.55. The molecule has 1 aromatic rings. The Bertz CT molecular complexity index is 775. The monoisotopic (exact) mass is 412 g/mol. The van der Waals surface area contributed by atoms with Gasteiger partial charge < -0.3 is 20.1 Å². The van der Waals surface area contributed by atoms with Crippen molar-refractivity contribution in [3.8, 4) is 0 Å². The molecule has 1 heterocycles. The smallest absolute Gasteiger partial charge is 0.406 e. The van der Waals surface area contributed by atoms with Crippen LogP contribution in [0.4, 0.5) is 4.79 Å². The lowest BCUT2D eigenvalue weighted by Crippen LogP contribution is -2.62. The molecule has 0 atom stereocenters. The first-order valence-corrected chi connectivity index (χ1v) is 11.4. The van der Waals surface area contributed by atoms with Gasteiger partial charge in [-0.05, 0) is 54.9 Å². The summed E-state index contributed by atoms with van der Waals surface area (Å²) in [5.74, 6) is 2.23. The van der Waals surface area contributed by atoms with Crippen LogP contribution < -0.4 is 5.32 Å². The predicted molar refractivity (Wildman–Crippen MR) is 112 cm³/mol. The van der Waals surface area contributed by atoms with Crippen molar-refractivity contribution >= 4 is 12.0 Å². The maximum Gasteiger partial charge on any atom is 0.406 e. The quantitative estimate of drug-likeness (QED) is 0.779. The number of aliphatic hydroxyl groups excluding tert-OH is 1. The summed E-state index contributed by atoms with van der Waals surface area (Å²) in [6.45, 7) is 1.69.